The van der Waals surface area contributed by atoms with Crippen LogP contribution in [0.25, 0.3) is 0 Å². The molecule has 0 aliphatic rings. The number of hydrogen-bond acceptors (Lipinski definition) is 4. The third-order valence-corrected chi connectivity index (χ3v) is 5.04. The maximum Gasteiger partial charge on any atom is 0.306 e. The summed E-state index contributed by atoms with van der Waals surface area (Å²) >= 11 is 0. The lowest BCUT2D eigenvalue weighted by Gasteiger charge is -2.27. The molecule has 1 amide bonds. The van der Waals surface area contributed by atoms with Crippen LogP contribution in [-0.4, -0.2) is 32.0 Å². The molecular formula is C22H29NO4S. The van der Waals surface area contributed by atoms with Crippen LogP contribution in [0.3, 0.4) is 0 Å². The highest BCUT2D eigenvalue weighted by Gasteiger charge is 2.24. The van der Waals surface area contributed by atoms with Gasteiger partial charge in [-0.25, -0.2) is 0 Å². The quantitative estimate of drug-likeness (QED) is 0.553. The predicted octanol–water partition coefficient (Wildman–Crippen LogP) is 4.35. The number of nitrogens with zero attached hydrogens (tertiary/aromatic N) is 1. The van der Waals surface area contributed by atoms with Gasteiger partial charge in [0, 0.05) is 13.1 Å². The molecule has 0 radical (unpaired) electrons. The van der Waals surface area contributed by atoms with Gasteiger partial charge in [0.2, 0.25) is 5.91 Å². The maximum absolute atomic E-state index is 13.3. The van der Waals surface area contributed by atoms with Gasteiger partial charge in [0.1, 0.15) is 5.75 Å². The van der Waals surface area contributed by atoms with Crippen molar-refractivity contribution in [3.63, 3.8) is 0 Å². The Morgan fingerprint density at radius 3 is 2.21 bits per heavy atom. The summed E-state index contributed by atoms with van der Waals surface area (Å²) in [6.07, 6.45) is 3.70. The number of carbonyl (C=O) groups is 1. The minimum atomic E-state index is -3.55. The van der Waals surface area contributed by atoms with E-state index in [1.54, 1.807) is 24.3 Å². The van der Waals surface area contributed by atoms with Crippen molar-refractivity contribution in [2.45, 2.75) is 45.6 Å². The van der Waals surface area contributed by atoms with Crippen LogP contribution in [0.1, 0.15) is 50.2 Å². The second-order valence-electron chi connectivity index (χ2n) is 6.92. The summed E-state index contributed by atoms with van der Waals surface area (Å²) in [5, 5.41) is 0. The van der Waals surface area contributed by atoms with Gasteiger partial charge >= 0.3 is 10.1 Å². The van der Waals surface area contributed by atoms with E-state index in [0.717, 1.165) is 36.6 Å². The van der Waals surface area contributed by atoms with Crippen LogP contribution in [0.5, 0.6) is 5.75 Å². The number of amides is 1. The van der Waals surface area contributed by atoms with Crippen molar-refractivity contribution in [3.05, 3.63) is 65.7 Å². The molecule has 0 heterocycles. The lowest BCUT2D eigenvalue weighted by Crippen LogP contribution is -2.35. The van der Waals surface area contributed by atoms with Crippen molar-refractivity contribution in [3.8, 4) is 5.75 Å². The van der Waals surface area contributed by atoms with Gasteiger partial charge in [0.15, 0.2) is 0 Å². The van der Waals surface area contributed by atoms with Crippen LogP contribution < -0.4 is 4.18 Å². The van der Waals surface area contributed by atoms with E-state index in [1.807, 2.05) is 42.2 Å². The fourth-order valence-electron chi connectivity index (χ4n) is 3.12. The van der Waals surface area contributed by atoms with Crippen molar-refractivity contribution in [1.29, 1.82) is 0 Å². The van der Waals surface area contributed by atoms with Crippen molar-refractivity contribution < 1.29 is 17.4 Å². The Kier molecular flexibility index (Phi) is 8.05. The topological polar surface area (TPSA) is 63.7 Å². The smallest absolute Gasteiger partial charge is 0.306 e. The molecule has 0 N–H and O–H groups in total. The van der Waals surface area contributed by atoms with E-state index in [0.29, 0.717) is 13.1 Å². The van der Waals surface area contributed by atoms with E-state index < -0.39 is 10.1 Å². The van der Waals surface area contributed by atoms with E-state index in [2.05, 4.69) is 6.92 Å². The van der Waals surface area contributed by atoms with Crippen LogP contribution in [0.15, 0.2) is 54.6 Å². The summed E-state index contributed by atoms with van der Waals surface area (Å²) < 4.78 is 27.4. The third kappa shape index (κ3) is 6.68. The molecule has 6 heteroatoms. The van der Waals surface area contributed by atoms with Crippen LogP contribution in [0.4, 0.5) is 0 Å². The first kappa shape index (κ1) is 22.0. The standard InChI is InChI=1S/C22H29NO4S/c1-4-6-16-23(22(24)21(5-2)19-10-8-7-9-11-19)17-18-12-14-20(15-13-18)27-28(3,25)26/h7-15,21H,4-6,16-17H2,1-3H3/t21-/m0/s1. The Morgan fingerprint density at radius 2 is 1.68 bits per heavy atom. The molecule has 2 aromatic carbocycles. The minimum absolute atomic E-state index is 0.124. The van der Waals surface area contributed by atoms with Gasteiger partial charge in [-0.15, -0.1) is 0 Å². The van der Waals surface area contributed by atoms with Crippen molar-refractivity contribution >= 4 is 16.0 Å². The van der Waals surface area contributed by atoms with Gasteiger partial charge in [-0.3, -0.25) is 4.79 Å². The van der Waals surface area contributed by atoms with E-state index in [9.17, 15) is 13.2 Å². The van der Waals surface area contributed by atoms with Crippen molar-refractivity contribution in [2.75, 3.05) is 12.8 Å². The Labute approximate surface area is 168 Å². The normalized spacial score (nSPS) is 12.4. The molecule has 2 rings (SSSR count). The number of benzene rings is 2. The van der Waals surface area contributed by atoms with Crippen molar-refractivity contribution in [2.24, 2.45) is 0 Å². The Balaban J connectivity index is 2.17. The molecule has 0 saturated heterocycles. The molecule has 2 aromatic rings. The zero-order valence-electron chi connectivity index (χ0n) is 16.8. The van der Waals surface area contributed by atoms with E-state index in [4.69, 9.17) is 4.18 Å². The molecule has 0 aromatic heterocycles. The predicted molar refractivity (Wildman–Crippen MR) is 112 cm³/mol. The highest BCUT2D eigenvalue weighted by atomic mass is 32.2. The first-order valence-corrected chi connectivity index (χ1v) is 11.5. The molecule has 0 aliphatic carbocycles. The number of unbranched alkanes of at least 4 members (excludes halogenated alkanes) is 1. The average Bonchev–Trinajstić information content (AvgIpc) is 2.66. The minimum Gasteiger partial charge on any atom is -0.383 e. The molecule has 0 spiro atoms. The van der Waals surface area contributed by atoms with Crippen LogP contribution in [-0.2, 0) is 21.5 Å². The summed E-state index contributed by atoms with van der Waals surface area (Å²) in [4.78, 5) is 15.2. The molecule has 0 unspecified atom stereocenters. The fraction of sp³-hybridized carbons (Fsp3) is 0.409. The van der Waals surface area contributed by atoms with E-state index >= 15 is 0 Å². The molecule has 28 heavy (non-hydrogen) atoms. The summed E-state index contributed by atoms with van der Waals surface area (Å²) in [5.41, 5.74) is 1.97. The van der Waals surface area contributed by atoms with E-state index in [-0.39, 0.29) is 17.6 Å². The molecule has 1 atom stereocenters. The number of carbonyl (C=O) groups excluding carboxylic acids is 1. The first-order chi connectivity index (χ1) is 13.3. The third-order valence-electron chi connectivity index (χ3n) is 4.55. The molecule has 152 valence electrons. The van der Waals surface area contributed by atoms with Crippen LogP contribution >= 0.6 is 0 Å². The monoisotopic (exact) mass is 403 g/mol. The Morgan fingerprint density at radius 1 is 1.04 bits per heavy atom. The Bertz CT molecular complexity index is 848. The van der Waals surface area contributed by atoms with Gasteiger partial charge in [-0.2, -0.15) is 8.42 Å². The number of hydrogen-bond donors (Lipinski definition) is 0. The SMILES string of the molecule is CCCCN(Cc1ccc(OS(C)(=O)=O)cc1)C(=O)[C@@H](CC)c1ccccc1. The number of rotatable bonds is 10. The van der Waals surface area contributed by atoms with Gasteiger partial charge in [0.05, 0.1) is 12.2 Å². The Hall–Kier alpha value is -2.34. The molecule has 0 fully saturated rings. The summed E-state index contributed by atoms with van der Waals surface area (Å²) in [6, 6.07) is 16.7. The summed E-state index contributed by atoms with van der Waals surface area (Å²) in [6.45, 7) is 5.32. The van der Waals surface area contributed by atoms with Gasteiger partial charge in [0.25, 0.3) is 0 Å². The lowest BCUT2D eigenvalue weighted by molar-refractivity contribution is -0.133. The highest BCUT2D eigenvalue weighted by Crippen LogP contribution is 2.24. The molecular weight excluding hydrogens is 374 g/mol. The molecule has 0 bridgehead atoms. The lowest BCUT2D eigenvalue weighted by atomic mass is 9.94. The van der Waals surface area contributed by atoms with Gasteiger partial charge in [-0.05, 0) is 36.1 Å². The molecule has 0 saturated carbocycles. The average molecular weight is 404 g/mol. The summed E-state index contributed by atoms with van der Waals surface area (Å²) in [5.74, 6) is 0.234. The molecule has 5 nitrogen and oxygen atoms in total. The highest BCUT2D eigenvalue weighted by molar-refractivity contribution is 7.86. The van der Waals surface area contributed by atoms with Crippen molar-refractivity contribution in [1.82, 2.24) is 4.90 Å². The van der Waals surface area contributed by atoms with Gasteiger partial charge in [-0.1, -0.05) is 62.7 Å². The second kappa shape index (κ2) is 10.3. The van der Waals surface area contributed by atoms with Gasteiger partial charge < -0.3 is 9.08 Å². The fourth-order valence-corrected chi connectivity index (χ4v) is 3.58. The zero-order chi connectivity index (χ0) is 20.6. The summed E-state index contributed by atoms with van der Waals surface area (Å²) in [7, 11) is -3.55. The van der Waals surface area contributed by atoms with E-state index in [1.165, 1.54) is 0 Å². The molecule has 0 aliphatic heterocycles. The van der Waals surface area contributed by atoms with Crippen LogP contribution in [0.2, 0.25) is 0 Å². The second-order valence-corrected chi connectivity index (χ2v) is 8.49. The largest absolute Gasteiger partial charge is 0.383 e. The van der Waals surface area contributed by atoms with Crippen LogP contribution in [0, 0.1) is 0 Å². The maximum atomic E-state index is 13.3. The first-order valence-electron chi connectivity index (χ1n) is 9.66. The zero-order valence-corrected chi connectivity index (χ0v) is 17.6.